The van der Waals surface area contributed by atoms with Crippen molar-refractivity contribution in [2.75, 3.05) is 19.0 Å². The minimum atomic E-state index is -4.59. The number of urea groups is 1. The maximum Gasteiger partial charge on any atom is 0.418 e. The standard InChI is InChI=1S/C19H22F3N3O3S/c1-12(2)8-9-25(10-16-23-15(11-29-16)17(26)28-3)18(27)24-14-7-5-4-6-13(14)19(20,21)22/h4-7,11-12H,8-10H2,1-3H3,(H,24,27). The Kier molecular flexibility index (Phi) is 7.60. The lowest BCUT2D eigenvalue weighted by atomic mass is 10.1. The minimum Gasteiger partial charge on any atom is -0.464 e. The van der Waals surface area contributed by atoms with Crippen molar-refractivity contribution < 1.29 is 27.5 Å². The fourth-order valence-electron chi connectivity index (χ4n) is 2.45. The number of benzene rings is 1. The average molecular weight is 429 g/mol. The van der Waals surface area contributed by atoms with Gasteiger partial charge in [-0.05, 0) is 24.5 Å². The predicted molar refractivity (Wildman–Crippen MR) is 104 cm³/mol. The van der Waals surface area contributed by atoms with Crippen LogP contribution in [0.1, 0.15) is 41.3 Å². The maximum atomic E-state index is 13.2. The Bertz CT molecular complexity index is 852. The van der Waals surface area contributed by atoms with Crippen molar-refractivity contribution in [1.82, 2.24) is 9.88 Å². The molecule has 29 heavy (non-hydrogen) atoms. The zero-order chi connectivity index (χ0) is 21.6. The molecule has 0 fully saturated rings. The lowest BCUT2D eigenvalue weighted by Gasteiger charge is -2.24. The third kappa shape index (κ3) is 6.45. The number of methoxy groups -OCH3 is 1. The molecular formula is C19H22F3N3O3S. The van der Waals surface area contributed by atoms with E-state index in [0.717, 1.165) is 6.07 Å². The van der Waals surface area contributed by atoms with E-state index in [4.69, 9.17) is 0 Å². The van der Waals surface area contributed by atoms with Gasteiger partial charge >= 0.3 is 18.2 Å². The van der Waals surface area contributed by atoms with E-state index in [1.807, 2.05) is 13.8 Å². The number of rotatable bonds is 7. The summed E-state index contributed by atoms with van der Waals surface area (Å²) >= 11 is 1.17. The maximum absolute atomic E-state index is 13.2. The molecule has 0 atom stereocenters. The number of carbonyl (C=O) groups is 2. The molecule has 0 saturated carbocycles. The van der Waals surface area contributed by atoms with Gasteiger partial charge in [-0.2, -0.15) is 13.2 Å². The number of nitrogens with zero attached hydrogens (tertiary/aromatic N) is 2. The molecule has 0 aliphatic heterocycles. The number of hydrogen-bond acceptors (Lipinski definition) is 5. The van der Waals surface area contributed by atoms with Gasteiger partial charge in [-0.25, -0.2) is 14.6 Å². The predicted octanol–water partition coefficient (Wildman–Crippen LogP) is 5.03. The molecule has 10 heteroatoms. The molecule has 0 unspecified atom stereocenters. The molecule has 1 aromatic heterocycles. The lowest BCUT2D eigenvalue weighted by Crippen LogP contribution is -2.36. The SMILES string of the molecule is COC(=O)c1csc(CN(CCC(C)C)C(=O)Nc2ccccc2C(F)(F)F)n1. The van der Waals surface area contributed by atoms with Crippen LogP contribution in [0.5, 0.6) is 0 Å². The van der Waals surface area contributed by atoms with Gasteiger partial charge < -0.3 is 15.0 Å². The normalized spacial score (nSPS) is 11.4. The second-order valence-corrected chi connectivity index (χ2v) is 7.64. The zero-order valence-electron chi connectivity index (χ0n) is 16.2. The fraction of sp³-hybridized carbons (Fsp3) is 0.421. The molecule has 0 radical (unpaired) electrons. The number of para-hydroxylation sites is 1. The van der Waals surface area contributed by atoms with Gasteiger partial charge in [0, 0.05) is 11.9 Å². The monoisotopic (exact) mass is 429 g/mol. The molecule has 6 nitrogen and oxygen atoms in total. The van der Waals surface area contributed by atoms with E-state index >= 15 is 0 Å². The van der Waals surface area contributed by atoms with E-state index in [0.29, 0.717) is 18.0 Å². The van der Waals surface area contributed by atoms with Crippen LogP contribution in [0, 0.1) is 5.92 Å². The number of carbonyl (C=O) groups excluding carboxylic acids is 2. The molecule has 0 aliphatic rings. The van der Waals surface area contributed by atoms with E-state index < -0.39 is 23.7 Å². The summed E-state index contributed by atoms with van der Waals surface area (Å²) in [5.41, 5.74) is -1.10. The smallest absolute Gasteiger partial charge is 0.418 e. The number of alkyl halides is 3. The van der Waals surface area contributed by atoms with Crippen molar-refractivity contribution in [2.45, 2.75) is 33.0 Å². The summed E-state index contributed by atoms with van der Waals surface area (Å²) in [6.07, 6.45) is -3.93. The summed E-state index contributed by atoms with van der Waals surface area (Å²) in [4.78, 5) is 29.8. The second-order valence-electron chi connectivity index (χ2n) is 6.70. The minimum absolute atomic E-state index is 0.0639. The van der Waals surface area contributed by atoms with Crippen LogP contribution in [0.15, 0.2) is 29.6 Å². The molecule has 0 bridgehead atoms. The number of amides is 2. The quantitative estimate of drug-likeness (QED) is 0.627. The molecule has 0 spiro atoms. The first-order valence-electron chi connectivity index (χ1n) is 8.86. The van der Waals surface area contributed by atoms with Crippen LogP contribution in [0.2, 0.25) is 0 Å². The topological polar surface area (TPSA) is 71.5 Å². The second kappa shape index (κ2) is 9.73. The summed E-state index contributed by atoms with van der Waals surface area (Å²) in [5, 5.41) is 4.35. The summed E-state index contributed by atoms with van der Waals surface area (Å²) in [5.74, 6) is -0.306. The first-order chi connectivity index (χ1) is 13.6. The van der Waals surface area contributed by atoms with E-state index in [1.165, 1.54) is 46.9 Å². The molecule has 1 N–H and O–H groups in total. The largest absolute Gasteiger partial charge is 0.464 e. The van der Waals surface area contributed by atoms with Gasteiger partial charge in [0.05, 0.1) is 24.9 Å². The third-order valence-electron chi connectivity index (χ3n) is 4.01. The van der Waals surface area contributed by atoms with Crippen LogP contribution >= 0.6 is 11.3 Å². The highest BCUT2D eigenvalue weighted by Crippen LogP contribution is 2.34. The highest BCUT2D eigenvalue weighted by molar-refractivity contribution is 7.09. The van der Waals surface area contributed by atoms with Gasteiger partial charge in [0.25, 0.3) is 0 Å². The van der Waals surface area contributed by atoms with Crippen LogP contribution in [-0.4, -0.2) is 35.5 Å². The lowest BCUT2D eigenvalue weighted by molar-refractivity contribution is -0.136. The van der Waals surface area contributed by atoms with Gasteiger partial charge in [-0.3, -0.25) is 0 Å². The highest BCUT2D eigenvalue weighted by Gasteiger charge is 2.34. The Morgan fingerprint density at radius 3 is 2.59 bits per heavy atom. The molecule has 2 rings (SSSR count). The third-order valence-corrected chi connectivity index (χ3v) is 4.84. The molecule has 1 heterocycles. The molecule has 2 amide bonds. The van der Waals surface area contributed by atoms with E-state index in [1.54, 1.807) is 0 Å². The summed E-state index contributed by atoms with van der Waals surface area (Å²) in [6, 6.07) is 4.14. The van der Waals surface area contributed by atoms with Crippen molar-refractivity contribution >= 4 is 29.0 Å². The number of thiazole rings is 1. The van der Waals surface area contributed by atoms with Crippen LogP contribution in [0.3, 0.4) is 0 Å². The Morgan fingerprint density at radius 1 is 1.28 bits per heavy atom. The van der Waals surface area contributed by atoms with E-state index in [-0.39, 0.29) is 23.8 Å². The van der Waals surface area contributed by atoms with Gasteiger partial charge in [0.1, 0.15) is 5.01 Å². The number of anilines is 1. The number of aromatic nitrogens is 1. The molecule has 2 aromatic rings. The van der Waals surface area contributed by atoms with Gasteiger partial charge in [0.2, 0.25) is 0 Å². The van der Waals surface area contributed by atoms with Crippen molar-refractivity contribution in [3.05, 3.63) is 45.9 Å². The van der Waals surface area contributed by atoms with Gasteiger partial charge in [-0.15, -0.1) is 11.3 Å². The van der Waals surface area contributed by atoms with Crippen molar-refractivity contribution in [3.63, 3.8) is 0 Å². The van der Waals surface area contributed by atoms with Crippen molar-refractivity contribution in [1.29, 1.82) is 0 Å². The fourth-order valence-corrected chi connectivity index (χ4v) is 3.22. The Labute approximate surface area is 170 Å². The van der Waals surface area contributed by atoms with Crippen LogP contribution in [-0.2, 0) is 17.5 Å². The number of nitrogens with one attached hydrogen (secondary N) is 1. The summed E-state index contributed by atoms with van der Waals surface area (Å²) in [6.45, 7) is 4.35. The van der Waals surface area contributed by atoms with Crippen LogP contribution in [0.4, 0.5) is 23.7 Å². The molecule has 0 aliphatic carbocycles. The highest BCUT2D eigenvalue weighted by atomic mass is 32.1. The summed E-state index contributed by atoms with van der Waals surface area (Å²) in [7, 11) is 1.24. The molecule has 158 valence electrons. The van der Waals surface area contributed by atoms with Gasteiger partial charge in [0.15, 0.2) is 5.69 Å². The van der Waals surface area contributed by atoms with E-state index in [2.05, 4.69) is 15.0 Å². The zero-order valence-corrected chi connectivity index (χ0v) is 17.1. The van der Waals surface area contributed by atoms with E-state index in [9.17, 15) is 22.8 Å². The molecule has 0 saturated heterocycles. The molecular weight excluding hydrogens is 407 g/mol. The Morgan fingerprint density at radius 2 is 1.97 bits per heavy atom. The first kappa shape index (κ1) is 22.7. The Hall–Kier alpha value is -2.62. The average Bonchev–Trinajstić information content (AvgIpc) is 3.12. The number of esters is 1. The number of ether oxygens (including phenoxy) is 1. The first-order valence-corrected chi connectivity index (χ1v) is 9.74. The van der Waals surface area contributed by atoms with Crippen LogP contribution < -0.4 is 5.32 Å². The summed E-state index contributed by atoms with van der Waals surface area (Å²) < 4.78 is 44.2. The number of hydrogen-bond donors (Lipinski definition) is 1. The number of halogens is 3. The Balaban J connectivity index is 2.20. The van der Waals surface area contributed by atoms with Crippen molar-refractivity contribution in [2.24, 2.45) is 5.92 Å². The molecule has 1 aromatic carbocycles. The van der Waals surface area contributed by atoms with Crippen molar-refractivity contribution in [3.8, 4) is 0 Å². The van der Waals surface area contributed by atoms with Crippen LogP contribution in [0.25, 0.3) is 0 Å². The van der Waals surface area contributed by atoms with Gasteiger partial charge in [-0.1, -0.05) is 26.0 Å².